The minimum Gasteiger partial charge on any atom is -0.493 e. The van der Waals surface area contributed by atoms with E-state index in [1.807, 2.05) is 43.0 Å². The monoisotopic (exact) mass is 620 g/mol. The van der Waals surface area contributed by atoms with Gasteiger partial charge in [-0.1, -0.05) is 39.8 Å². The first kappa shape index (κ1) is 32.1. The maximum absolute atomic E-state index is 14.3. The number of methoxy groups -OCH3 is 1. The highest BCUT2D eigenvalue weighted by Gasteiger charge is 2.48. The van der Waals surface area contributed by atoms with Crippen molar-refractivity contribution in [3.05, 3.63) is 76.6 Å². The molecule has 0 bridgehead atoms. The molecule has 0 aromatic heterocycles. The number of nitrogens with one attached hydrogen (secondary N) is 1. The molecule has 9 nitrogen and oxygen atoms in total. The number of hydrogen-bond donors (Lipinski definition) is 2. The van der Waals surface area contributed by atoms with Crippen molar-refractivity contribution < 1.29 is 38.0 Å². The first-order valence-corrected chi connectivity index (χ1v) is 15.4. The van der Waals surface area contributed by atoms with E-state index in [0.29, 0.717) is 70.7 Å². The molecule has 0 radical (unpaired) electrons. The van der Waals surface area contributed by atoms with Crippen molar-refractivity contribution in [2.75, 3.05) is 38.9 Å². The summed E-state index contributed by atoms with van der Waals surface area (Å²) in [5.41, 5.74) is 3.51. The van der Waals surface area contributed by atoms with E-state index in [0.717, 1.165) is 5.56 Å². The van der Waals surface area contributed by atoms with Crippen LogP contribution in [0.15, 0.2) is 48.5 Å². The van der Waals surface area contributed by atoms with Crippen molar-refractivity contribution in [3.63, 3.8) is 0 Å². The molecule has 1 amide bonds. The predicted octanol–water partition coefficient (Wildman–Crippen LogP) is 6.20. The van der Waals surface area contributed by atoms with Gasteiger partial charge in [0.1, 0.15) is 11.6 Å². The normalized spacial score (nSPS) is 19.1. The molecule has 3 aromatic rings. The maximum Gasteiger partial charge on any atom is 0.309 e. The quantitative estimate of drug-likeness (QED) is 0.247. The molecule has 2 heterocycles. The van der Waals surface area contributed by atoms with E-state index >= 15 is 0 Å². The molecule has 1 unspecified atom stereocenters. The van der Waals surface area contributed by atoms with Gasteiger partial charge >= 0.3 is 5.97 Å². The highest BCUT2D eigenvalue weighted by Crippen LogP contribution is 2.50. The second-order valence-electron chi connectivity index (χ2n) is 11.9. The molecule has 10 heteroatoms. The first-order valence-electron chi connectivity index (χ1n) is 15.4. The largest absolute Gasteiger partial charge is 0.493 e. The zero-order valence-electron chi connectivity index (χ0n) is 26.4. The number of amides is 1. The highest BCUT2D eigenvalue weighted by molar-refractivity contribution is 5.94. The molecule has 2 N–H and O–H groups in total. The van der Waals surface area contributed by atoms with Crippen LogP contribution in [0.5, 0.6) is 23.0 Å². The van der Waals surface area contributed by atoms with Crippen LogP contribution in [0.1, 0.15) is 61.9 Å². The van der Waals surface area contributed by atoms with Crippen molar-refractivity contribution in [2.45, 2.75) is 52.5 Å². The summed E-state index contributed by atoms with van der Waals surface area (Å²) in [7, 11) is 1.53. The second-order valence-corrected chi connectivity index (χ2v) is 11.9. The number of carbonyl (C=O) groups excluding carboxylic acids is 1. The van der Waals surface area contributed by atoms with Crippen LogP contribution < -0.4 is 24.3 Å². The second kappa shape index (κ2) is 13.8. The van der Waals surface area contributed by atoms with Crippen molar-refractivity contribution in [2.24, 2.45) is 11.8 Å². The zero-order valence-corrected chi connectivity index (χ0v) is 26.4. The Morgan fingerprint density at radius 1 is 1.04 bits per heavy atom. The third kappa shape index (κ3) is 6.86. The molecule has 0 spiro atoms. The van der Waals surface area contributed by atoms with E-state index < -0.39 is 23.8 Å². The number of rotatable bonds is 12. The van der Waals surface area contributed by atoms with Crippen LogP contribution in [-0.2, 0) is 22.4 Å². The average Bonchev–Trinajstić information content (AvgIpc) is 3.65. The van der Waals surface area contributed by atoms with Gasteiger partial charge in [-0.15, -0.1) is 0 Å². The third-order valence-corrected chi connectivity index (χ3v) is 8.44. The number of aryl methyl sites for hydroxylation is 2. The van der Waals surface area contributed by atoms with Crippen LogP contribution in [-0.4, -0.2) is 55.5 Å². The van der Waals surface area contributed by atoms with Crippen LogP contribution in [0.2, 0.25) is 0 Å². The molecule has 1 saturated heterocycles. The van der Waals surface area contributed by atoms with Crippen LogP contribution in [0.3, 0.4) is 0 Å². The number of ether oxygens (including phenoxy) is 4. The molecule has 0 aliphatic carbocycles. The SMILES string of the molecule is CCc1cc(F)cc(CC)c1NC(=O)CN1C[C@H](c2cc(OC)c3c(c2)OCO3)C(C(=O)O)[C@@H]1c1ccc(OCC(C)C)cc1. The summed E-state index contributed by atoms with van der Waals surface area (Å²) in [6.45, 7) is 8.78. The van der Waals surface area contributed by atoms with E-state index in [4.69, 9.17) is 18.9 Å². The molecule has 2 aliphatic heterocycles. The number of fused-ring (bicyclic) bond motifs is 1. The predicted molar refractivity (Wildman–Crippen MR) is 168 cm³/mol. The van der Waals surface area contributed by atoms with Gasteiger partial charge in [-0.25, -0.2) is 4.39 Å². The van der Waals surface area contributed by atoms with Crippen molar-refractivity contribution in [3.8, 4) is 23.0 Å². The number of hydrogen-bond acceptors (Lipinski definition) is 7. The summed E-state index contributed by atoms with van der Waals surface area (Å²) in [5.74, 6) is -0.548. The van der Waals surface area contributed by atoms with Crippen molar-refractivity contribution in [1.82, 2.24) is 4.90 Å². The van der Waals surface area contributed by atoms with Gasteiger partial charge in [0, 0.05) is 24.2 Å². The van der Waals surface area contributed by atoms with E-state index in [1.54, 1.807) is 12.1 Å². The molecular formula is C35H41FN2O7. The van der Waals surface area contributed by atoms with Gasteiger partial charge in [-0.3, -0.25) is 14.5 Å². The Labute approximate surface area is 263 Å². The topological polar surface area (TPSA) is 107 Å². The molecule has 240 valence electrons. The van der Waals surface area contributed by atoms with Crippen molar-refractivity contribution in [1.29, 1.82) is 0 Å². The Bertz CT molecular complexity index is 1520. The van der Waals surface area contributed by atoms with E-state index in [1.165, 1.54) is 19.2 Å². The van der Waals surface area contributed by atoms with Gasteiger partial charge in [0.05, 0.1) is 26.2 Å². The number of anilines is 1. The average molecular weight is 621 g/mol. The Morgan fingerprint density at radius 2 is 1.73 bits per heavy atom. The minimum atomic E-state index is -0.982. The van der Waals surface area contributed by atoms with E-state index in [-0.39, 0.29) is 31.6 Å². The number of carbonyl (C=O) groups is 2. The molecule has 45 heavy (non-hydrogen) atoms. The summed E-state index contributed by atoms with van der Waals surface area (Å²) in [5, 5.41) is 13.7. The summed E-state index contributed by atoms with van der Waals surface area (Å²) >= 11 is 0. The van der Waals surface area contributed by atoms with Crippen LogP contribution in [0.4, 0.5) is 10.1 Å². The first-order chi connectivity index (χ1) is 21.6. The fraction of sp³-hybridized carbons (Fsp3) is 0.429. The van der Waals surface area contributed by atoms with Crippen LogP contribution in [0, 0.1) is 17.7 Å². The third-order valence-electron chi connectivity index (χ3n) is 8.44. The van der Waals surface area contributed by atoms with Gasteiger partial charge in [0.2, 0.25) is 18.4 Å². The van der Waals surface area contributed by atoms with Crippen molar-refractivity contribution >= 4 is 17.6 Å². The smallest absolute Gasteiger partial charge is 0.309 e. The van der Waals surface area contributed by atoms with Gasteiger partial charge < -0.3 is 29.4 Å². The molecule has 2 aliphatic rings. The van der Waals surface area contributed by atoms with Gasteiger partial charge in [-0.05, 0) is 77.4 Å². The number of likely N-dealkylation sites (tertiary alicyclic amines) is 1. The Morgan fingerprint density at radius 3 is 2.33 bits per heavy atom. The number of carboxylic acids is 1. The maximum atomic E-state index is 14.3. The molecule has 5 rings (SSSR count). The standard InChI is InChI=1S/C35H41FN2O7/c1-6-21-12-25(36)13-22(7-2)32(21)37-30(39)17-38-16-27(24-14-28(42-5)34-29(15-24)44-19-45-34)31(35(40)41)33(38)23-8-10-26(11-9-23)43-18-20(3)4/h8-15,20,27,31,33H,6-7,16-19H2,1-5H3,(H,37,39)(H,40,41)/t27-,31?,33+/m1/s1. The molecule has 3 aromatic carbocycles. The highest BCUT2D eigenvalue weighted by atomic mass is 19.1. The van der Waals surface area contributed by atoms with Crippen LogP contribution >= 0.6 is 0 Å². The van der Waals surface area contributed by atoms with Crippen LogP contribution in [0.25, 0.3) is 0 Å². The number of nitrogens with zero attached hydrogens (tertiary/aromatic N) is 1. The summed E-state index contributed by atoms with van der Waals surface area (Å²) in [6, 6.07) is 13.3. The Balaban J connectivity index is 1.50. The minimum absolute atomic E-state index is 0.0468. The molecule has 1 fully saturated rings. The van der Waals surface area contributed by atoms with Gasteiger partial charge in [0.25, 0.3) is 0 Å². The Kier molecular flexibility index (Phi) is 9.82. The summed E-state index contributed by atoms with van der Waals surface area (Å²) < 4.78 is 36.9. The lowest BCUT2D eigenvalue weighted by molar-refractivity contribution is -0.143. The molecular weight excluding hydrogens is 579 g/mol. The summed E-state index contributed by atoms with van der Waals surface area (Å²) in [4.78, 5) is 28.6. The molecule has 0 saturated carbocycles. The lowest BCUT2D eigenvalue weighted by atomic mass is 9.82. The number of halogens is 1. The number of aliphatic carboxylic acids is 1. The van der Waals surface area contributed by atoms with Gasteiger partial charge in [0.15, 0.2) is 11.5 Å². The summed E-state index contributed by atoms with van der Waals surface area (Å²) in [6.07, 6.45) is 1.10. The number of carboxylic acid groups (broad SMARTS) is 1. The van der Waals surface area contributed by atoms with E-state index in [2.05, 4.69) is 19.2 Å². The lowest BCUT2D eigenvalue weighted by Gasteiger charge is -2.27. The zero-order chi connectivity index (χ0) is 32.2. The van der Waals surface area contributed by atoms with Gasteiger partial charge in [-0.2, -0.15) is 0 Å². The fourth-order valence-electron chi connectivity index (χ4n) is 6.32. The fourth-order valence-corrected chi connectivity index (χ4v) is 6.32. The lowest BCUT2D eigenvalue weighted by Crippen LogP contribution is -2.35. The van der Waals surface area contributed by atoms with E-state index in [9.17, 15) is 19.1 Å². The number of benzene rings is 3. The Hall–Kier alpha value is -4.31. The molecule has 3 atom stereocenters.